The first-order valence-electron chi connectivity index (χ1n) is 13.6. The number of ether oxygens (including phenoxy) is 1. The molecule has 40 heavy (non-hydrogen) atoms. The van der Waals surface area contributed by atoms with Gasteiger partial charge in [-0.1, -0.05) is 35.9 Å². The second-order valence-electron chi connectivity index (χ2n) is 10.3. The van der Waals surface area contributed by atoms with E-state index >= 15 is 0 Å². The van der Waals surface area contributed by atoms with Crippen LogP contribution >= 0.6 is 11.6 Å². The van der Waals surface area contributed by atoms with E-state index in [4.69, 9.17) is 11.6 Å². The van der Waals surface area contributed by atoms with Gasteiger partial charge in [0.15, 0.2) is 0 Å². The smallest absolute Gasteiger partial charge is 0.406 e. The molecule has 1 aliphatic heterocycles. The summed E-state index contributed by atoms with van der Waals surface area (Å²) in [5.74, 6) is -0.219. The summed E-state index contributed by atoms with van der Waals surface area (Å²) in [4.78, 5) is 2.48. The van der Waals surface area contributed by atoms with Crippen molar-refractivity contribution in [3.8, 4) is 16.9 Å². The van der Waals surface area contributed by atoms with Crippen LogP contribution in [-0.4, -0.2) is 48.6 Å². The van der Waals surface area contributed by atoms with E-state index in [1.807, 2.05) is 31.3 Å². The number of nitrogens with one attached hydrogen (secondary N) is 2. The molecule has 1 aliphatic rings. The van der Waals surface area contributed by atoms with Crippen LogP contribution in [-0.2, 0) is 13.1 Å². The number of aryl methyl sites for hydroxylation is 1. The molecule has 9 heteroatoms. The van der Waals surface area contributed by atoms with Crippen molar-refractivity contribution < 1.29 is 17.9 Å². The second kappa shape index (κ2) is 12.5. The minimum atomic E-state index is -4.71. The highest BCUT2D eigenvalue weighted by atomic mass is 35.5. The van der Waals surface area contributed by atoms with E-state index in [1.54, 1.807) is 12.1 Å². The number of nitrogens with zero attached hydrogens (tertiary/aromatic N) is 2. The van der Waals surface area contributed by atoms with Crippen molar-refractivity contribution in [2.45, 2.75) is 44.8 Å². The Labute approximate surface area is 237 Å². The molecule has 2 N–H and O–H groups in total. The van der Waals surface area contributed by atoms with Gasteiger partial charge in [0.1, 0.15) is 5.75 Å². The lowest BCUT2D eigenvalue weighted by molar-refractivity contribution is -0.274. The van der Waals surface area contributed by atoms with Crippen LogP contribution < -0.4 is 15.4 Å². The molecule has 0 saturated carbocycles. The molecule has 1 fully saturated rings. The van der Waals surface area contributed by atoms with Gasteiger partial charge in [0.05, 0.1) is 0 Å². The molecule has 5 rings (SSSR count). The van der Waals surface area contributed by atoms with Gasteiger partial charge in [0.2, 0.25) is 0 Å². The van der Waals surface area contributed by atoms with Crippen molar-refractivity contribution in [3.63, 3.8) is 0 Å². The number of aromatic nitrogens is 1. The largest absolute Gasteiger partial charge is 0.573 e. The summed E-state index contributed by atoms with van der Waals surface area (Å²) in [6.45, 7) is 4.59. The van der Waals surface area contributed by atoms with Crippen molar-refractivity contribution in [1.82, 2.24) is 14.8 Å². The number of halogens is 4. The number of hydrogen-bond acceptors (Lipinski definition) is 4. The van der Waals surface area contributed by atoms with E-state index in [-0.39, 0.29) is 5.75 Å². The zero-order valence-corrected chi connectivity index (χ0v) is 23.2. The molecule has 0 aliphatic carbocycles. The van der Waals surface area contributed by atoms with E-state index in [0.29, 0.717) is 6.04 Å². The molecule has 0 bridgehead atoms. The summed E-state index contributed by atoms with van der Waals surface area (Å²) < 4.78 is 44.3. The minimum Gasteiger partial charge on any atom is -0.406 e. The molecule has 0 atom stereocenters. The van der Waals surface area contributed by atoms with Crippen LogP contribution in [0.25, 0.3) is 22.0 Å². The number of fused-ring (bicyclic) bond motifs is 1. The van der Waals surface area contributed by atoms with Crippen molar-refractivity contribution in [2.75, 3.05) is 32.0 Å². The summed E-state index contributed by atoms with van der Waals surface area (Å²) in [6, 6.07) is 21.0. The average Bonchev–Trinajstić information content (AvgIpc) is 3.27. The average molecular weight is 571 g/mol. The van der Waals surface area contributed by atoms with Gasteiger partial charge in [-0.25, -0.2) is 0 Å². The summed E-state index contributed by atoms with van der Waals surface area (Å²) in [5.41, 5.74) is 5.26. The van der Waals surface area contributed by atoms with Crippen molar-refractivity contribution >= 4 is 28.2 Å². The third-order valence-corrected chi connectivity index (χ3v) is 7.59. The zero-order chi connectivity index (χ0) is 28.1. The number of hydrogen-bond donors (Lipinski definition) is 2. The molecule has 0 amide bonds. The van der Waals surface area contributed by atoms with Crippen molar-refractivity contribution in [2.24, 2.45) is 0 Å². The van der Waals surface area contributed by atoms with Gasteiger partial charge in [-0.05, 0) is 86.4 Å². The SMILES string of the molecule is CNCCCn1cc(-c2ccc(OC(F)(F)F)cc2)c2cc(CN3CCC(Nc4cccc(Cl)c4)CC3)ccc21. The van der Waals surface area contributed by atoms with Gasteiger partial charge in [-0.3, -0.25) is 4.90 Å². The van der Waals surface area contributed by atoms with Crippen LogP contribution in [0.5, 0.6) is 5.75 Å². The molecule has 0 unspecified atom stereocenters. The Morgan fingerprint density at radius 3 is 2.48 bits per heavy atom. The van der Waals surface area contributed by atoms with Gasteiger partial charge >= 0.3 is 6.36 Å². The molecule has 0 radical (unpaired) electrons. The standard InChI is InChI=1S/C31H34ClF3N4O/c1-36-14-3-15-39-21-29(23-7-9-27(10-8-23)40-31(33,34)35)28-18-22(6-11-30(28)39)20-38-16-12-25(13-17-38)37-26-5-2-4-24(32)19-26/h2,4-11,18-19,21,25,36-37H,3,12-17,20H2,1H3. The molecule has 212 valence electrons. The monoisotopic (exact) mass is 570 g/mol. The van der Waals surface area contributed by atoms with E-state index in [2.05, 4.69) is 49.2 Å². The first-order valence-corrected chi connectivity index (χ1v) is 14.0. The fourth-order valence-corrected chi connectivity index (χ4v) is 5.62. The first kappa shape index (κ1) is 28.3. The Hall–Kier alpha value is -3.20. The summed E-state index contributed by atoms with van der Waals surface area (Å²) in [5, 5.41) is 8.63. The van der Waals surface area contributed by atoms with Gasteiger partial charge in [-0.15, -0.1) is 13.2 Å². The van der Waals surface area contributed by atoms with Crippen LogP contribution in [0.1, 0.15) is 24.8 Å². The maximum absolute atomic E-state index is 12.7. The third-order valence-electron chi connectivity index (χ3n) is 7.36. The molecular weight excluding hydrogens is 537 g/mol. The quantitative estimate of drug-likeness (QED) is 0.193. The lowest BCUT2D eigenvalue weighted by Gasteiger charge is -2.33. The number of likely N-dealkylation sites (tertiary alicyclic amines) is 1. The van der Waals surface area contributed by atoms with Crippen molar-refractivity contribution in [1.29, 1.82) is 0 Å². The summed E-state index contributed by atoms with van der Waals surface area (Å²) in [7, 11) is 1.94. The maximum atomic E-state index is 12.7. The molecule has 5 nitrogen and oxygen atoms in total. The number of anilines is 1. The molecule has 1 saturated heterocycles. The molecule has 2 heterocycles. The minimum absolute atomic E-state index is 0.219. The predicted octanol–water partition coefficient (Wildman–Crippen LogP) is 7.55. The van der Waals surface area contributed by atoms with E-state index < -0.39 is 6.36 Å². The van der Waals surface area contributed by atoms with Crippen LogP contribution in [0.3, 0.4) is 0 Å². The number of rotatable bonds is 10. The lowest BCUT2D eigenvalue weighted by Crippen LogP contribution is -2.38. The molecule has 1 aromatic heterocycles. The Balaban J connectivity index is 1.32. The number of benzene rings is 3. The molecular formula is C31H34ClF3N4O. The maximum Gasteiger partial charge on any atom is 0.573 e. The van der Waals surface area contributed by atoms with Gasteiger partial charge in [-0.2, -0.15) is 0 Å². The fraction of sp³-hybridized carbons (Fsp3) is 0.355. The van der Waals surface area contributed by atoms with Crippen LogP contribution in [0, 0.1) is 0 Å². The molecule has 3 aromatic carbocycles. The second-order valence-corrected chi connectivity index (χ2v) is 10.8. The highest BCUT2D eigenvalue weighted by molar-refractivity contribution is 6.30. The normalized spacial score (nSPS) is 15.0. The Bertz CT molecular complexity index is 1410. The number of alkyl halides is 3. The Morgan fingerprint density at radius 2 is 1.77 bits per heavy atom. The van der Waals surface area contributed by atoms with Gasteiger partial charge in [0, 0.05) is 65.6 Å². The molecule has 0 spiro atoms. The van der Waals surface area contributed by atoms with Crippen molar-refractivity contribution in [3.05, 3.63) is 83.5 Å². The lowest BCUT2D eigenvalue weighted by atomic mass is 10.0. The van der Waals surface area contributed by atoms with E-state index in [0.717, 1.165) is 84.7 Å². The van der Waals surface area contributed by atoms with Gasteiger partial charge in [0.25, 0.3) is 0 Å². The Morgan fingerprint density at radius 1 is 1.00 bits per heavy atom. The first-order chi connectivity index (χ1) is 19.3. The topological polar surface area (TPSA) is 41.5 Å². The van der Waals surface area contributed by atoms with E-state index in [1.165, 1.54) is 17.7 Å². The summed E-state index contributed by atoms with van der Waals surface area (Å²) >= 11 is 6.13. The predicted molar refractivity (Wildman–Crippen MR) is 156 cm³/mol. The van der Waals surface area contributed by atoms with Gasteiger partial charge < -0.3 is 19.9 Å². The highest BCUT2D eigenvalue weighted by Gasteiger charge is 2.31. The van der Waals surface area contributed by atoms with Crippen LogP contribution in [0.2, 0.25) is 5.02 Å². The molecule has 4 aromatic rings. The third kappa shape index (κ3) is 7.30. The number of piperidine rings is 1. The Kier molecular flexibility index (Phi) is 8.88. The van der Waals surface area contributed by atoms with Crippen LogP contribution in [0.4, 0.5) is 18.9 Å². The fourth-order valence-electron chi connectivity index (χ4n) is 5.43. The summed E-state index contributed by atoms with van der Waals surface area (Å²) in [6.07, 6.45) is 0.469. The van der Waals surface area contributed by atoms with E-state index in [9.17, 15) is 13.2 Å². The van der Waals surface area contributed by atoms with Crippen LogP contribution in [0.15, 0.2) is 72.9 Å². The highest BCUT2D eigenvalue weighted by Crippen LogP contribution is 2.34. The zero-order valence-electron chi connectivity index (χ0n) is 22.5.